The van der Waals surface area contributed by atoms with Crippen LogP contribution in [0.2, 0.25) is 0 Å². The van der Waals surface area contributed by atoms with Gasteiger partial charge in [0, 0.05) is 19.3 Å². The normalized spacial score (nSPS) is 11.0. The smallest absolute Gasteiger partial charge is 0.203 e. The molecular formula is C12H23N3. The minimum atomic E-state index is 0.744. The number of nitrogens with one attached hydrogen (secondary N) is 1. The second-order valence-corrected chi connectivity index (χ2v) is 4.51. The monoisotopic (exact) mass is 209 g/mol. The maximum atomic E-state index is 4.48. The van der Waals surface area contributed by atoms with Crippen LogP contribution in [0.1, 0.15) is 39.3 Å². The Morgan fingerprint density at radius 2 is 2.20 bits per heavy atom. The van der Waals surface area contributed by atoms with E-state index in [4.69, 9.17) is 0 Å². The van der Waals surface area contributed by atoms with E-state index in [2.05, 4.69) is 41.8 Å². The molecule has 1 heterocycles. The van der Waals surface area contributed by atoms with Crippen molar-refractivity contribution >= 4 is 5.95 Å². The summed E-state index contributed by atoms with van der Waals surface area (Å²) in [5, 5.41) is 3.40. The molecule has 3 heteroatoms. The van der Waals surface area contributed by atoms with Crippen molar-refractivity contribution in [3.63, 3.8) is 0 Å². The molecule has 0 atom stereocenters. The zero-order chi connectivity index (χ0) is 11.3. The van der Waals surface area contributed by atoms with Crippen molar-refractivity contribution in [3.05, 3.63) is 11.9 Å². The first-order valence-electron chi connectivity index (χ1n) is 5.91. The van der Waals surface area contributed by atoms with Gasteiger partial charge in [0.15, 0.2) is 0 Å². The first-order valence-corrected chi connectivity index (χ1v) is 5.91. The Bertz CT molecular complexity index is 289. The van der Waals surface area contributed by atoms with Crippen molar-refractivity contribution in [2.24, 2.45) is 5.92 Å². The number of aromatic nitrogens is 2. The summed E-state index contributed by atoms with van der Waals surface area (Å²) in [6.45, 7) is 10.8. The highest BCUT2D eigenvalue weighted by atomic mass is 15.2. The van der Waals surface area contributed by atoms with Gasteiger partial charge in [-0.1, -0.05) is 20.8 Å². The van der Waals surface area contributed by atoms with Gasteiger partial charge in [-0.25, -0.2) is 4.98 Å². The second kappa shape index (κ2) is 5.79. The molecule has 3 nitrogen and oxygen atoms in total. The zero-order valence-electron chi connectivity index (χ0n) is 10.4. The molecule has 0 bridgehead atoms. The number of hydrogen-bond donors (Lipinski definition) is 1. The lowest BCUT2D eigenvalue weighted by molar-refractivity contribution is 0.601. The molecule has 0 fully saturated rings. The SMILES string of the molecule is CCCn1cc(C)nc1NCCC(C)C. The van der Waals surface area contributed by atoms with Crippen LogP contribution in [0.5, 0.6) is 0 Å². The van der Waals surface area contributed by atoms with E-state index in [0.29, 0.717) is 0 Å². The fraction of sp³-hybridized carbons (Fsp3) is 0.750. The summed E-state index contributed by atoms with van der Waals surface area (Å²) in [5.74, 6) is 1.77. The van der Waals surface area contributed by atoms with E-state index in [1.165, 1.54) is 6.42 Å². The van der Waals surface area contributed by atoms with Crippen LogP contribution in [-0.2, 0) is 6.54 Å². The van der Waals surface area contributed by atoms with E-state index in [9.17, 15) is 0 Å². The van der Waals surface area contributed by atoms with E-state index >= 15 is 0 Å². The number of aryl methyl sites for hydroxylation is 2. The van der Waals surface area contributed by atoms with Gasteiger partial charge in [-0.3, -0.25) is 0 Å². The summed E-state index contributed by atoms with van der Waals surface area (Å²) < 4.78 is 2.20. The van der Waals surface area contributed by atoms with Gasteiger partial charge in [0.2, 0.25) is 5.95 Å². The van der Waals surface area contributed by atoms with Gasteiger partial charge in [0.05, 0.1) is 5.69 Å². The van der Waals surface area contributed by atoms with Crippen LogP contribution < -0.4 is 5.32 Å². The summed E-state index contributed by atoms with van der Waals surface area (Å²) >= 11 is 0. The number of anilines is 1. The van der Waals surface area contributed by atoms with Gasteiger partial charge in [-0.05, 0) is 25.7 Å². The van der Waals surface area contributed by atoms with Crippen LogP contribution in [0, 0.1) is 12.8 Å². The average molecular weight is 209 g/mol. The highest BCUT2D eigenvalue weighted by Crippen LogP contribution is 2.10. The highest BCUT2D eigenvalue weighted by Gasteiger charge is 2.04. The minimum absolute atomic E-state index is 0.744. The van der Waals surface area contributed by atoms with Crippen molar-refractivity contribution in [1.82, 2.24) is 9.55 Å². The Kier molecular flexibility index (Phi) is 4.66. The summed E-state index contributed by atoms with van der Waals surface area (Å²) in [6.07, 6.45) is 4.45. The van der Waals surface area contributed by atoms with E-state index < -0.39 is 0 Å². The number of nitrogens with zero attached hydrogens (tertiary/aromatic N) is 2. The molecule has 15 heavy (non-hydrogen) atoms. The Balaban J connectivity index is 2.51. The fourth-order valence-corrected chi connectivity index (χ4v) is 1.57. The molecule has 0 spiro atoms. The molecule has 0 saturated carbocycles. The van der Waals surface area contributed by atoms with Gasteiger partial charge >= 0.3 is 0 Å². The lowest BCUT2D eigenvalue weighted by atomic mass is 10.1. The van der Waals surface area contributed by atoms with Gasteiger partial charge < -0.3 is 9.88 Å². The van der Waals surface area contributed by atoms with Crippen molar-refractivity contribution in [3.8, 4) is 0 Å². The standard InChI is InChI=1S/C12H23N3/c1-5-8-15-9-11(4)14-12(15)13-7-6-10(2)3/h9-10H,5-8H2,1-4H3,(H,13,14). The van der Waals surface area contributed by atoms with E-state index in [-0.39, 0.29) is 0 Å². The first kappa shape index (κ1) is 12.1. The Labute approximate surface area is 92.9 Å². The molecule has 86 valence electrons. The van der Waals surface area contributed by atoms with Crippen LogP contribution in [0.4, 0.5) is 5.95 Å². The molecule has 0 aliphatic heterocycles. The molecule has 1 aromatic heterocycles. The number of rotatable bonds is 6. The molecule has 0 amide bonds. The molecule has 0 radical (unpaired) electrons. The van der Waals surface area contributed by atoms with Crippen LogP contribution in [0.25, 0.3) is 0 Å². The van der Waals surface area contributed by atoms with Gasteiger partial charge in [0.1, 0.15) is 0 Å². The van der Waals surface area contributed by atoms with E-state index in [0.717, 1.165) is 37.1 Å². The van der Waals surface area contributed by atoms with Crippen LogP contribution >= 0.6 is 0 Å². The Hall–Kier alpha value is -0.990. The highest BCUT2D eigenvalue weighted by molar-refractivity contribution is 5.28. The first-order chi connectivity index (χ1) is 7.13. The predicted octanol–water partition coefficient (Wildman–Crippen LogP) is 3.06. The molecule has 1 N–H and O–H groups in total. The van der Waals surface area contributed by atoms with Crippen LogP contribution in [0.15, 0.2) is 6.20 Å². The summed E-state index contributed by atoms with van der Waals surface area (Å²) in [6, 6.07) is 0. The van der Waals surface area contributed by atoms with Crippen LogP contribution in [0.3, 0.4) is 0 Å². The third-order valence-corrected chi connectivity index (χ3v) is 2.37. The van der Waals surface area contributed by atoms with E-state index in [1.807, 2.05) is 6.92 Å². The topological polar surface area (TPSA) is 29.9 Å². The molecule has 0 saturated heterocycles. The largest absolute Gasteiger partial charge is 0.356 e. The maximum absolute atomic E-state index is 4.48. The maximum Gasteiger partial charge on any atom is 0.203 e. The lowest BCUT2D eigenvalue weighted by Crippen LogP contribution is -2.10. The molecule has 0 aliphatic carbocycles. The zero-order valence-corrected chi connectivity index (χ0v) is 10.4. The molecular weight excluding hydrogens is 186 g/mol. The Morgan fingerprint density at radius 3 is 2.80 bits per heavy atom. The van der Waals surface area contributed by atoms with Crippen molar-refractivity contribution in [2.45, 2.75) is 47.1 Å². The summed E-state index contributed by atoms with van der Waals surface area (Å²) in [4.78, 5) is 4.48. The number of imidazole rings is 1. The van der Waals surface area contributed by atoms with Crippen LogP contribution in [-0.4, -0.2) is 16.1 Å². The van der Waals surface area contributed by atoms with Gasteiger partial charge in [-0.2, -0.15) is 0 Å². The third-order valence-electron chi connectivity index (χ3n) is 2.37. The predicted molar refractivity (Wildman–Crippen MR) is 65.2 cm³/mol. The minimum Gasteiger partial charge on any atom is -0.356 e. The quantitative estimate of drug-likeness (QED) is 0.780. The Morgan fingerprint density at radius 1 is 1.47 bits per heavy atom. The van der Waals surface area contributed by atoms with E-state index in [1.54, 1.807) is 0 Å². The van der Waals surface area contributed by atoms with Gasteiger partial charge in [-0.15, -0.1) is 0 Å². The van der Waals surface area contributed by atoms with Gasteiger partial charge in [0.25, 0.3) is 0 Å². The third kappa shape index (κ3) is 3.94. The fourth-order valence-electron chi connectivity index (χ4n) is 1.57. The number of hydrogen-bond acceptors (Lipinski definition) is 2. The summed E-state index contributed by atoms with van der Waals surface area (Å²) in [7, 11) is 0. The molecule has 0 unspecified atom stereocenters. The van der Waals surface area contributed by atoms with Crippen molar-refractivity contribution < 1.29 is 0 Å². The molecule has 0 aliphatic rings. The second-order valence-electron chi connectivity index (χ2n) is 4.51. The molecule has 1 rings (SSSR count). The summed E-state index contributed by atoms with van der Waals surface area (Å²) in [5.41, 5.74) is 1.09. The van der Waals surface area contributed by atoms with Crippen molar-refractivity contribution in [1.29, 1.82) is 0 Å². The van der Waals surface area contributed by atoms with Crippen molar-refractivity contribution in [2.75, 3.05) is 11.9 Å². The lowest BCUT2D eigenvalue weighted by Gasteiger charge is -2.09. The average Bonchev–Trinajstić information content (AvgIpc) is 2.47. The molecule has 1 aromatic rings. The molecule has 0 aromatic carbocycles.